The zero-order chi connectivity index (χ0) is 11.0. The highest BCUT2D eigenvalue weighted by Crippen LogP contribution is 2.39. The van der Waals surface area contributed by atoms with Gasteiger partial charge in [0.25, 0.3) is 0 Å². The summed E-state index contributed by atoms with van der Waals surface area (Å²) in [6, 6.07) is 1.82. The second-order valence-electron chi connectivity index (χ2n) is 3.05. The van der Waals surface area contributed by atoms with E-state index in [1.807, 2.05) is 13.0 Å². The summed E-state index contributed by atoms with van der Waals surface area (Å²) in [7, 11) is 0. The van der Waals surface area contributed by atoms with Crippen LogP contribution in [0.4, 0.5) is 5.82 Å². The molecule has 0 bridgehead atoms. The van der Waals surface area contributed by atoms with Gasteiger partial charge < -0.3 is 5.73 Å². The van der Waals surface area contributed by atoms with Gasteiger partial charge in [0.1, 0.15) is 10.2 Å². The fourth-order valence-corrected chi connectivity index (χ4v) is 2.95. The van der Waals surface area contributed by atoms with Crippen LogP contribution in [0.1, 0.15) is 12.5 Å². The lowest BCUT2D eigenvalue weighted by atomic mass is 10.1. The molecule has 2 aromatic rings. The number of aromatic nitrogens is 2. The Morgan fingerprint density at radius 1 is 1.53 bits per heavy atom. The number of hydrogen-bond donors (Lipinski definition) is 2. The molecule has 2 heterocycles. The molecule has 0 aliphatic carbocycles. The molecule has 0 aromatic carbocycles. The van der Waals surface area contributed by atoms with E-state index in [9.17, 15) is 0 Å². The van der Waals surface area contributed by atoms with Gasteiger partial charge in [0, 0.05) is 11.1 Å². The number of H-pyrrole nitrogens is 1. The van der Waals surface area contributed by atoms with Gasteiger partial charge in [-0.05, 0) is 12.5 Å². The average molecular weight is 262 g/mol. The maximum atomic E-state index is 6.06. The molecule has 0 saturated carbocycles. The van der Waals surface area contributed by atoms with Crippen molar-refractivity contribution in [3.8, 4) is 11.3 Å². The van der Waals surface area contributed by atoms with Gasteiger partial charge in [-0.25, -0.2) is 0 Å². The second-order valence-corrected chi connectivity index (χ2v) is 5.34. The molecule has 0 saturated heterocycles. The van der Waals surface area contributed by atoms with Crippen molar-refractivity contribution >= 4 is 40.4 Å². The molecule has 15 heavy (non-hydrogen) atoms. The number of hydrogen-bond acceptors (Lipinski definition) is 3. The van der Waals surface area contributed by atoms with E-state index >= 15 is 0 Å². The minimum atomic E-state index is 0.519. The van der Waals surface area contributed by atoms with Crippen LogP contribution in [0.2, 0.25) is 8.67 Å². The summed E-state index contributed by atoms with van der Waals surface area (Å²) in [6.07, 6.45) is 0.807. The van der Waals surface area contributed by atoms with Crippen molar-refractivity contribution in [2.45, 2.75) is 13.3 Å². The lowest BCUT2D eigenvalue weighted by Crippen LogP contribution is -1.90. The first kappa shape index (κ1) is 10.8. The molecule has 3 nitrogen and oxygen atoms in total. The minimum Gasteiger partial charge on any atom is -0.382 e. The summed E-state index contributed by atoms with van der Waals surface area (Å²) in [5.41, 5.74) is 8.44. The standard InChI is InChI=1S/C9H9Cl2N3S/c1-2-4-7(13-14-9(4)12)5-3-6(10)15-8(5)11/h3H,2H2,1H3,(H3,12,13,14). The predicted octanol–water partition coefficient (Wildman–Crippen LogP) is 3.59. The van der Waals surface area contributed by atoms with E-state index in [2.05, 4.69) is 10.2 Å². The van der Waals surface area contributed by atoms with Gasteiger partial charge in [-0.3, -0.25) is 5.10 Å². The normalized spacial score (nSPS) is 10.9. The molecular formula is C9H9Cl2N3S. The number of halogens is 2. The number of nitrogen functional groups attached to an aromatic ring is 1. The molecular weight excluding hydrogens is 253 g/mol. The molecule has 0 aliphatic rings. The summed E-state index contributed by atoms with van der Waals surface area (Å²) in [4.78, 5) is 0. The third-order valence-corrected chi connectivity index (χ3v) is 3.67. The maximum Gasteiger partial charge on any atom is 0.149 e. The largest absolute Gasteiger partial charge is 0.382 e. The molecule has 80 valence electrons. The molecule has 2 aromatic heterocycles. The Labute approximate surface area is 101 Å². The van der Waals surface area contributed by atoms with Crippen molar-refractivity contribution in [1.82, 2.24) is 10.2 Å². The number of nitrogens with two attached hydrogens (primary N) is 1. The van der Waals surface area contributed by atoms with Crippen molar-refractivity contribution in [1.29, 1.82) is 0 Å². The average Bonchev–Trinajstić information content (AvgIpc) is 2.69. The van der Waals surface area contributed by atoms with Gasteiger partial charge in [0.15, 0.2) is 0 Å². The highest BCUT2D eigenvalue weighted by atomic mass is 35.5. The van der Waals surface area contributed by atoms with Gasteiger partial charge in [-0.15, -0.1) is 11.3 Å². The molecule has 6 heteroatoms. The summed E-state index contributed by atoms with van der Waals surface area (Å²) in [6.45, 7) is 2.02. The van der Waals surface area contributed by atoms with Crippen LogP contribution in [0.25, 0.3) is 11.3 Å². The Bertz CT molecular complexity index is 490. The zero-order valence-electron chi connectivity index (χ0n) is 7.97. The van der Waals surface area contributed by atoms with Crippen molar-refractivity contribution in [3.63, 3.8) is 0 Å². The molecule has 2 rings (SSSR count). The van der Waals surface area contributed by atoms with Crippen LogP contribution in [0.15, 0.2) is 6.07 Å². The van der Waals surface area contributed by atoms with Gasteiger partial charge in [-0.2, -0.15) is 5.10 Å². The number of nitrogens with one attached hydrogen (secondary N) is 1. The summed E-state index contributed by atoms with van der Waals surface area (Å²) < 4.78 is 1.31. The summed E-state index contributed by atoms with van der Waals surface area (Å²) in [5, 5.41) is 6.85. The SMILES string of the molecule is CCc1c(N)n[nH]c1-c1cc(Cl)sc1Cl. The first-order valence-corrected chi connectivity index (χ1v) is 5.98. The second kappa shape index (κ2) is 4.04. The molecule has 0 amide bonds. The molecule has 0 atom stereocenters. The van der Waals surface area contributed by atoms with Gasteiger partial charge in [-0.1, -0.05) is 30.1 Å². The molecule has 0 spiro atoms. The number of anilines is 1. The Kier molecular flexibility index (Phi) is 2.91. The van der Waals surface area contributed by atoms with Crippen LogP contribution < -0.4 is 5.73 Å². The first-order valence-electron chi connectivity index (χ1n) is 4.41. The first-order chi connectivity index (χ1) is 7.13. The number of nitrogens with zero attached hydrogens (tertiary/aromatic N) is 1. The topological polar surface area (TPSA) is 54.7 Å². The highest BCUT2D eigenvalue weighted by Gasteiger charge is 2.15. The molecule has 0 unspecified atom stereocenters. The Balaban J connectivity index is 2.58. The van der Waals surface area contributed by atoms with Crippen molar-refractivity contribution in [3.05, 3.63) is 20.3 Å². The van der Waals surface area contributed by atoms with E-state index in [4.69, 9.17) is 28.9 Å². The quantitative estimate of drug-likeness (QED) is 0.868. The van der Waals surface area contributed by atoms with Gasteiger partial charge >= 0.3 is 0 Å². The smallest absolute Gasteiger partial charge is 0.149 e. The van der Waals surface area contributed by atoms with E-state index in [1.165, 1.54) is 11.3 Å². The molecule has 3 N–H and O–H groups in total. The number of thiophene rings is 1. The highest BCUT2D eigenvalue weighted by molar-refractivity contribution is 7.20. The van der Waals surface area contributed by atoms with E-state index < -0.39 is 0 Å². The number of rotatable bonds is 2. The van der Waals surface area contributed by atoms with Crippen LogP contribution in [-0.4, -0.2) is 10.2 Å². The zero-order valence-corrected chi connectivity index (χ0v) is 10.3. The van der Waals surface area contributed by atoms with E-state index in [0.717, 1.165) is 23.2 Å². The number of aromatic amines is 1. The van der Waals surface area contributed by atoms with E-state index in [0.29, 0.717) is 14.5 Å². The summed E-state index contributed by atoms with van der Waals surface area (Å²) >= 11 is 13.3. The van der Waals surface area contributed by atoms with Crippen molar-refractivity contribution in [2.24, 2.45) is 0 Å². The van der Waals surface area contributed by atoms with Crippen LogP contribution in [0.5, 0.6) is 0 Å². The van der Waals surface area contributed by atoms with Gasteiger partial charge in [0.05, 0.1) is 10.0 Å². The lowest BCUT2D eigenvalue weighted by molar-refractivity contribution is 1.10. The fraction of sp³-hybridized carbons (Fsp3) is 0.222. The van der Waals surface area contributed by atoms with Crippen molar-refractivity contribution in [2.75, 3.05) is 5.73 Å². The monoisotopic (exact) mass is 261 g/mol. The Morgan fingerprint density at radius 2 is 2.27 bits per heavy atom. The maximum absolute atomic E-state index is 6.06. The fourth-order valence-electron chi connectivity index (χ4n) is 1.47. The third-order valence-electron chi connectivity index (χ3n) is 2.18. The third kappa shape index (κ3) is 1.85. The van der Waals surface area contributed by atoms with E-state index in [-0.39, 0.29) is 0 Å². The molecule has 0 aliphatic heterocycles. The van der Waals surface area contributed by atoms with Crippen LogP contribution in [0.3, 0.4) is 0 Å². The van der Waals surface area contributed by atoms with Crippen LogP contribution in [-0.2, 0) is 6.42 Å². The van der Waals surface area contributed by atoms with Gasteiger partial charge in [0.2, 0.25) is 0 Å². The molecule has 0 radical (unpaired) electrons. The Morgan fingerprint density at radius 3 is 2.80 bits per heavy atom. The van der Waals surface area contributed by atoms with Crippen LogP contribution in [0, 0.1) is 0 Å². The molecule has 0 fully saturated rings. The van der Waals surface area contributed by atoms with E-state index in [1.54, 1.807) is 0 Å². The Hall–Kier alpha value is -0.710. The van der Waals surface area contributed by atoms with Crippen LogP contribution >= 0.6 is 34.5 Å². The minimum absolute atomic E-state index is 0.519. The summed E-state index contributed by atoms with van der Waals surface area (Å²) in [5.74, 6) is 0.519. The lowest BCUT2D eigenvalue weighted by Gasteiger charge is -1.98. The predicted molar refractivity (Wildman–Crippen MR) is 65.7 cm³/mol. The van der Waals surface area contributed by atoms with Crippen molar-refractivity contribution < 1.29 is 0 Å².